The molecule has 6 rings (SSSR count). The summed E-state index contributed by atoms with van der Waals surface area (Å²) in [5.74, 6) is 0. The van der Waals surface area contributed by atoms with Gasteiger partial charge in [-0.15, -0.1) is 0 Å². The average molecular weight is 495 g/mol. The molecule has 0 bridgehead atoms. The predicted molar refractivity (Wildman–Crippen MR) is 140 cm³/mol. The van der Waals surface area contributed by atoms with E-state index in [9.17, 15) is 13.2 Å². The summed E-state index contributed by atoms with van der Waals surface area (Å²) in [7, 11) is -1.51. The van der Waals surface area contributed by atoms with Crippen molar-refractivity contribution in [1.29, 1.82) is 5.26 Å². The zero-order valence-electron chi connectivity index (χ0n) is 19.8. The minimum absolute atomic E-state index is 0.208. The summed E-state index contributed by atoms with van der Waals surface area (Å²) in [5, 5.41) is 9.93. The number of aryl methyl sites for hydroxylation is 1. The first-order chi connectivity index (χ1) is 17.2. The van der Waals surface area contributed by atoms with Crippen molar-refractivity contribution < 1.29 is 8.42 Å². The number of hydrogen-bond acceptors (Lipinski definition) is 5. The largest absolute Gasteiger partial charge is 0.333 e. The highest BCUT2D eigenvalue weighted by atomic mass is 32.2. The molecule has 0 atom stereocenters. The summed E-state index contributed by atoms with van der Waals surface area (Å²) in [6.07, 6.45) is 4.23. The number of pyridine rings is 1. The number of aromatic nitrogens is 3. The van der Waals surface area contributed by atoms with Gasteiger partial charge in [-0.05, 0) is 65.9 Å². The second kappa shape index (κ2) is 7.64. The fourth-order valence-corrected chi connectivity index (χ4v) is 6.46. The predicted octanol–water partition coefficient (Wildman–Crippen LogP) is 4.45. The molecule has 1 aliphatic rings. The van der Waals surface area contributed by atoms with Crippen LogP contribution in [0.4, 0.5) is 0 Å². The Balaban J connectivity index is 1.56. The fourth-order valence-electron chi connectivity index (χ4n) is 5.05. The van der Waals surface area contributed by atoms with Crippen molar-refractivity contribution in [2.45, 2.75) is 17.6 Å². The van der Waals surface area contributed by atoms with E-state index in [-0.39, 0.29) is 5.69 Å². The number of fused-ring (bicyclic) bond motifs is 3. The van der Waals surface area contributed by atoms with Crippen LogP contribution in [0.3, 0.4) is 0 Å². The maximum Gasteiger partial charge on any atom is 0.333 e. The maximum absolute atomic E-state index is 13.4. The molecule has 2 heterocycles. The molecule has 36 heavy (non-hydrogen) atoms. The van der Waals surface area contributed by atoms with Crippen LogP contribution in [-0.2, 0) is 21.6 Å². The number of rotatable bonds is 4. The molecule has 0 radical (unpaired) electrons. The SMILES string of the molecule is Cn1c(=O)n(-c2ccc(C3(S(C)(=O)=O)CC3)cc2)c2c3cc(-c4ccc(C#N)cc4)ccc3ncc21. The number of sulfone groups is 1. The first kappa shape index (κ1) is 22.3. The molecular weight excluding hydrogens is 472 g/mol. The Hall–Kier alpha value is -4.22. The first-order valence-corrected chi connectivity index (χ1v) is 13.4. The molecule has 7 nitrogen and oxygen atoms in total. The lowest BCUT2D eigenvalue weighted by molar-refractivity contribution is 0.586. The van der Waals surface area contributed by atoms with Crippen LogP contribution in [0.2, 0.25) is 0 Å². The molecule has 178 valence electrons. The van der Waals surface area contributed by atoms with Gasteiger partial charge in [0.05, 0.1) is 44.8 Å². The van der Waals surface area contributed by atoms with E-state index in [2.05, 4.69) is 11.1 Å². The minimum atomic E-state index is -3.22. The minimum Gasteiger partial charge on any atom is -0.293 e. The molecular formula is C28H22N4O3S. The standard InChI is InChI=1S/C28H22N4O3S/c1-31-25-17-30-24-12-7-20(19-5-3-18(16-29)4-6-19)15-23(24)26(25)32(27(31)33)22-10-8-21(9-11-22)28(13-14-28)36(2,34)35/h3-12,15,17H,13-14H2,1-2H3. The molecule has 2 aromatic heterocycles. The summed E-state index contributed by atoms with van der Waals surface area (Å²) in [6.45, 7) is 0. The van der Waals surface area contributed by atoms with Crippen molar-refractivity contribution >= 4 is 31.8 Å². The van der Waals surface area contributed by atoms with E-state index in [1.54, 1.807) is 34.5 Å². The summed E-state index contributed by atoms with van der Waals surface area (Å²) in [5.41, 5.74) is 5.90. The van der Waals surface area contributed by atoms with Gasteiger partial charge in [-0.3, -0.25) is 14.1 Å². The van der Waals surface area contributed by atoms with Gasteiger partial charge < -0.3 is 0 Å². The van der Waals surface area contributed by atoms with Crippen LogP contribution in [0.15, 0.2) is 77.7 Å². The molecule has 0 saturated heterocycles. The highest BCUT2D eigenvalue weighted by Gasteiger charge is 2.53. The van der Waals surface area contributed by atoms with Crippen LogP contribution in [0.25, 0.3) is 38.8 Å². The zero-order chi connectivity index (χ0) is 25.2. The van der Waals surface area contributed by atoms with Crippen LogP contribution in [0.1, 0.15) is 24.0 Å². The lowest BCUT2D eigenvalue weighted by atomic mass is 10.0. The van der Waals surface area contributed by atoms with Crippen LogP contribution < -0.4 is 5.69 Å². The van der Waals surface area contributed by atoms with Gasteiger partial charge in [0.25, 0.3) is 0 Å². The Morgan fingerprint density at radius 1 is 0.972 bits per heavy atom. The third kappa shape index (κ3) is 3.20. The lowest BCUT2D eigenvalue weighted by Crippen LogP contribution is -2.21. The fraction of sp³-hybridized carbons (Fsp3) is 0.179. The van der Waals surface area contributed by atoms with Gasteiger partial charge in [-0.1, -0.05) is 30.3 Å². The van der Waals surface area contributed by atoms with E-state index in [0.717, 1.165) is 33.1 Å². The third-order valence-electron chi connectivity index (χ3n) is 7.30. The molecule has 0 unspecified atom stereocenters. The van der Waals surface area contributed by atoms with Gasteiger partial charge in [0.15, 0.2) is 9.84 Å². The van der Waals surface area contributed by atoms with Crippen LogP contribution in [0.5, 0.6) is 0 Å². The highest BCUT2D eigenvalue weighted by Crippen LogP contribution is 2.52. The van der Waals surface area contributed by atoms with Gasteiger partial charge >= 0.3 is 5.69 Å². The number of nitrogens with zero attached hydrogens (tertiary/aromatic N) is 4. The smallest absolute Gasteiger partial charge is 0.293 e. The number of hydrogen-bond donors (Lipinski definition) is 0. The van der Waals surface area contributed by atoms with Crippen LogP contribution in [-0.4, -0.2) is 28.8 Å². The van der Waals surface area contributed by atoms with E-state index < -0.39 is 14.6 Å². The number of nitriles is 1. The normalized spacial score (nSPS) is 14.7. The van der Waals surface area contributed by atoms with Crippen molar-refractivity contribution in [3.05, 3.63) is 94.5 Å². The summed E-state index contributed by atoms with van der Waals surface area (Å²) < 4.78 is 27.1. The molecule has 8 heteroatoms. The van der Waals surface area contributed by atoms with Crippen LogP contribution in [0, 0.1) is 11.3 Å². The van der Waals surface area contributed by atoms with E-state index >= 15 is 0 Å². The second-order valence-electron chi connectivity index (χ2n) is 9.40. The molecule has 5 aromatic rings. The Morgan fingerprint density at radius 2 is 1.64 bits per heavy atom. The van der Waals surface area contributed by atoms with Gasteiger partial charge in [0.2, 0.25) is 0 Å². The van der Waals surface area contributed by atoms with Crippen molar-refractivity contribution in [1.82, 2.24) is 14.1 Å². The van der Waals surface area contributed by atoms with Crippen LogP contribution >= 0.6 is 0 Å². The molecule has 0 amide bonds. The van der Waals surface area contributed by atoms with E-state index in [1.807, 2.05) is 54.6 Å². The molecule has 0 aliphatic heterocycles. The second-order valence-corrected chi connectivity index (χ2v) is 11.7. The molecule has 1 aliphatic carbocycles. The van der Waals surface area contributed by atoms with E-state index in [1.165, 1.54) is 6.26 Å². The molecule has 3 aromatic carbocycles. The van der Waals surface area contributed by atoms with Crippen molar-refractivity contribution in [3.8, 4) is 22.9 Å². The Labute approximate surface area is 207 Å². The lowest BCUT2D eigenvalue weighted by Gasteiger charge is -2.14. The quantitative estimate of drug-likeness (QED) is 0.368. The molecule has 1 saturated carbocycles. The highest BCUT2D eigenvalue weighted by molar-refractivity contribution is 7.92. The van der Waals surface area contributed by atoms with Gasteiger partial charge in [-0.25, -0.2) is 13.2 Å². The zero-order valence-corrected chi connectivity index (χ0v) is 20.6. The summed E-state index contributed by atoms with van der Waals surface area (Å²) in [4.78, 5) is 18.0. The Bertz CT molecular complexity index is 1890. The molecule has 0 spiro atoms. The Morgan fingerprint density at radius 3 is 2.25 bits per heavy atom. The van der Waals surface area contributed by atoms with Crippen molar-refractivity contribution in [2.24, 2.45) is 7.05 Å². The maximum atomic E-state index is 13.4. The molecule has 0 N–H and O–H groups in total. The summed E-state index contributed by atoms with van der Waals surface area (Å²) in [6, 6.07) is 22.7. The van der Waals surface area contributed by atoms with Gasteiger partial charge in [0, 0.05) is 18.7 Å². The van der Waals surface area contributed by atoms with E-state index in [0.29, 0.717) is 29.6 Å². The van der Waals surface area contributed by atoms with Gasteiger partial charge in [0.1, 0.15) is 0 Å². The first-order valence-electron chi connectivity index (χ1n) is 11.5. The topological polar surface area (TPSA) is 97.8 Å². The summed E-state index contributed by atoms with van der Waals surface area (Å²) >= 11 is 0. The van der Waals surface area contributed by atoms with E-state index in [4.69, 9.17) is 5.26 Å². The van der Waals surface area contributed by atoms with Crippen molar-refractivity contribution in [2.75, 3.05) is 6.26 Å². The average Bonchev–Trinajstić information content (AvgIpc) is 3.67. The van der Waals surface area contributed by atoms with Crippen molar-refractivity contribution in [3.63, 3.8) is 0 Å². The molecule has 1 fully saturated rings. The van der Waals surface area contributed by atoms with Gasteiger partial charge in [-0.2, -0.15) is 5.26 Å². The monoisotopic (exact) mass is 494 g/mol. The number of benzene rings is 3. The third-order valence-corrected chi connectivity index (χ3v) is 9.36. The Kier molecular flexibility index (Phi) is 4.72. The number of imidazole rings is 1.